The first-order chi connectivity index (χ1) is 11.5. The van der Waals surface area contributed by atoms with E-state index in [-0.39, 0.29) is 6.42 Å². The third kappa shape index (κ3) is 2.97. The van der Waals surface area contributed by atoms with Crippen LogP contribution in [0.1, 0.15) is 18.0 Å². The number of carbonyl (C=O) groups excluding carboxylic acids is 2. The molecule has 0 spiro atoms. The largest absolute Gasteiger partial charge is 0.481 e. The number of benzene rings is 2. The van der Waals surface area contributed by atoms with Gasteiger partial charge < -0.3 is 5.11 Å². The Balaban J connectivity index is 2.11. The van der Waals surface area contributed by atoms with E-state index >= 15 is 0 Å². The lowest BCUT2D eigenvalue weighted by molar-refractivity contribution is -0.141. The van der Waals surface area contributed by atoms with Gasteiger partial charge in [-0.25, -0.2) is 0 Å². The summed E-state index contributed by atoms with van der Waals surface area (Å²) in [6.45, 7) is 0. The fraction of sp³-hybridized carbons (Fsp3) is 0.167. The third-order valence-electron chi connectivity index (χ3n) is 4.07. The Hall–Kier alpha value is -2.47. The Bertz CT molecular complexity index is 788. The van der Waals surface area contributed by atoms with Crippen molar-refractivity contribution in [3.63, 3.8) is 0 Å². The minimum absolute atomic E-state index is 0.380. The lowest BCUT2D eigenvalue weighted by Crippen LogP contribution is -2.29. The Morgan fingerprint density at radius 3 is 2.25 bits per heavy atom. The van der Waals surface area contributed by atoms with Crippen molar-refractivity contribution in [3.8, 4) is 0 Å². The number of hydrogen-bond acceptors (Lipinski definition) is 3. The molecule has 0 unspecified atom stereocenters. The van der Waals surface area contributed by atoms with Crippen LogP contribution in [0, 0.1) is 5.92 Å². The monoisotopic (exact) mass is 387 g/mol. The van der Waals surface area contributed by atoms with E-state index in [1.54, 1.807) is 36.4 Å². The number of amides is 1. The topological polar surface area (TPSA) is 74.7 Å². The van der Waals surface area contributed by atoms with E-state index in [1.165, 1.54) is 4.90 Å². The minimum Gasteiger partial charge on any atom is -0.481 e. The summed E-state index contributed by atoms with van der Waals surface area (Å²) in [4.78, 5) is 37.5. The van der Waals surface area contributed by atoms with Gasteiger partial charge in [0.2, 0.25) is 5.78 Å². The van der Waals surface area contributed by atoms with Crippen molar-refractivity contribution in [2.45, 2.75) is 12.5 Å². The molecule has 0 aromatic heterocycles. The van der Waals surface area contributed by atoms with Crippen LogP contribution < -0.4 is 4.90 Å². The fourth-order valence-electron chi connectivity index (χ4n) is 3.03. The predicted molar refractivity (Wildman–Crippen MR) is 91.6 cm³/mol. The molecule has 3 rings (SSSR count). The van der Waals surface area contributed by atoms with Crippen LogP contribution in [-0.2, 0) is 14.4 Å². The molecule has 1 aliphatic heterocycles. The highest BCUT2D eigenvalue weighted by molar-refractivity contribution is 9.10. The van der Waals surface area contributed by atoms with E-state index in [0.717, 1.165) is 10.0 Å². The van der Waals surface area contributed by atoms with Crippen LogP contribution in [-0.4, -0.2) is 22.8 Å². The van der Waals surface area contributed by atoms with Gasteiger partial charge in [0.1, 0.15) is 0 Å². The first-order valence-electron chi connectivity index (χ1n) is 7.38. The molecular weight excluding hydrogens is 374 g/mol. The van der Waals surface area contributed by atoms with Gasteiger partial charge >= 0.3 is 5.97 Å². The Labute approximate surface area is 147 Å². The van der Waals surface area contributed by atoms with E-state index in [4.69, 9.17) is 5.11 Å². The van der Waals surface area contributed by atoms with Crippen molar-refractivity contribution >= 4 is 39.3 Å². The summed E-state index contributed by atoms with van der Waals surface area (Å²) in [5, 5.41) is 9.15. The van der Waals surface area contributed by atoms with E-state index in [0.29, 0.717) is 5.69 Å². The molecule has 1 amide bonds. The lowest BCUT2D eigenvalue weighted by Gasteiger charge is -2.27. The molecule has 1 aliphatic rings. The molecule has 2 aromatic carbocycles. The van der Waals surface area contributed by atoms with E-state index in [1.807, 2.05) is 18.2 Å². The number of para-hydroxylation sites is 1. The summed E-state index contributed by atoms with van der Waals surface area (Å²) >= 11 is 3.35. The van der Waals surface area contributed by atoms with Gasteiger partial charge in [0.25, 0.3) is 5.91 Å². The quantitative estimate of drug-likeness (QED) is 0.817. The molecule has 5 nitrogen and oxygen atoms in total. The highest BCUT2D eigenvalue weighted by atomic mass is 79.9. The maximum absolute atomic E-state index is 12.5. The zero-order chi connectivity index (χ0) is 17.3. The Morgan fingerprint density at radius 2 is 1.67 bits per heavy atom. The minimum atomic E-state index is -1.10. The summed E-state index contributed by atoms with van der Waals surface area (Å²) < 4.78 is 0.864. The molecule has 1 saturated heterocycles. The van der Waals surface area contributed by atoms with Crippen molar-refractivity contribution in [2.24, 2.45) is 5.92 Å². The SMILES string of the molecule is O=C(O)C[C@@H]1C(=O)C(=O)N(c2ccccc2)[C@@H]1c1ccc(Br)cc1. The van der Waals surface area contributed by atoms with Gasteiger partial charge in [-0.1, -0.05) is 46.3 Å². The highest BCUT2D eigenvalue weighted by Gasteiger charge is 2.49. The highest BCUT2D eigenvalue weighted by Crippen LogP contribution is 2.41. The number of hydrogen-bond donors (Lipinski definition) is 1. The van der Waals surface area contributed by atoms with Crippen molar-refractivity contribution in [1.82, 2.24) is 0 Å². The van der Waals surface area contributed by atoms with Crippen LogP contribution in [0.3, 0.4) is 0 Å². The van der Waals surface area contributed by atoms with Crippen LogP contribution in [0.5, 0.6) is 0 Å². The van der Waals surface area contributed by atoms with Gasteiger partial charge in [-0.3, -0.25) is 19.3 Å². The molecule has 1 N–H and O–H groups in total. The molecule has 0 aliphatic carbocycles. The second-order valence-corrected chi connectivity index (χ2v) is 6.49. The first-order valence-corrected chi connectivity index (χ1v) is 8.18. The molecular formula is C18H14BrNO4. The molecule has 1 fully saturated rings. The van der Waals surface area contributed by atoms with Crippen molar-refractivity contribution in [1.29, 1.82) is 0 Å². The average Bonchev–Trinajstić information content (AvgIpc) is 2.81. The van der Waals surface area contributed by atoms with Crippen LogP contribution in [0.25, 0.3) is 0 Å². The van der Waals surface area contributed by atoms with Gasteiger partial charge in [0.05, 0.1) is 18.4 Å². The third-order valence-corrected chi connectivity index (χ3v) is 4.59. The number of rotatable bonds is 4. The smallest absolute Gasteiger partial charge is 0.304 e. The summed E-state index contributed by atoms with van der Waals surface area (Å²) in [6.07, 6.45) is -0.380. The zero-order valence-electron chi connectivity index (χ0n) is 12.6. The molecule has 122 valence electrons. The standard InChI is InChI=1S/C18H14BrNO4/c19-12-8-6-11(7-9-12)16-14(10-15(21)22)17(23)18(24)20(16)13-4-2-1-3-5-13/h1-9,14,16H,10H2,(H,21,22)/t14-,16+/m0/s1. The first kappa shape index (κ1) is 16.4. The van der Waals surface area contributed by atoms with E-state index < -0.39 is 29.6 Å². The fourth-order valence-corrected chi connectivity index (χ4v) is 3.29. The second-order valence-electron chi connectivity index (χ2n) is 5.58. The van der Waals surface area contributed by atoms with Crippen LogP contribution in [0.15, 0.2) is 59.1 Å². The molecule has 6 heteroatoms. The number of Topliss-reactive ketones (excluding diaryl/α,β-unsaturated/α-hetero) is 1. The molecule has 2 atom stereocenters. The van der Waals surface area contributed by atoms with Gasteiger partial charge in [-0.2, -0.15) is 0 Å². The number of halogens is 1. The molecule has 0 radical (unpaired) electrons. The average molecular weight is 388 g/mol. The Kier molecular flexibility index (Phi) is 4.49. The summed E-state index contributed by atoms with van der Waals surface area (Å²) in [5.74, 6) is -3.33. The summed E-state index contributed by atoms with van der Waals surface area (Å²) in [7, 11) is 0. The van der Waals surface area contributed by atoms with Gasteiger partial charge in [-0.05, 0) is 29.8 Å². The number of nitrogens with zero attached hydrogens (tertiary/aromatic N) is 1. The van der Waals surface area contributed by atoms with E-state index in [9.17, 15) is 14.4 Å². The molecule has 1 heterocycles. The van der Waals surface area contributed by atoms with Gasteiger partial charge in [-0.15, -0.1) is 0 Å². The number of carbonyl (C=O) groups is 3. The van der Waals surface area contributed by atoms with Crippen molar-refractivity contribution < 1.29 is 19.5 Å². The molecule has 2 aromatic rings. The van der Waals surface area contributed by atoms with Crippen molar-refractivity contribution in [3.05, 3.63) is 64.6 Å². The lowest BCUT2D eigenvalue weighted by atomic mass is 9.90. The second kappa shape index (κ2) is 6.57. The predicted octanol–water partition coefficient (Wildman–Crippen LogP) is 3.20. The number of carboxylic acid groups (broad SMARTS) is 1. The van der Waals surface area contributed by atoms with Crippen LogP contribution >= 0.6 is 15.9 Å². The maximum atomic E-state index is 12.5. The Morgan fingerprint density at radius 1 is 1.04 bits per heavy atom. The normalized spacial score (nSPS) is 20.5. The van der Waals surface area contributed by atoms with Gasteiger partial charge in [0, 0.05) is 10.2 Å². The molecule has 0 saturated carbocycles. The van der Waals surface area contributed by atoms with Gasteiger partial charge in [0.15, 0.2) is 0 Å². The number of ketones is 1. The number of carboxylic acids is 1. The maximum Gasteiger partial charge on any atom is 0.304 e. The summed E-state index contributed by atoms with van der Waals surface area (Å²) in [6, 6.07) is 15.4. The van der Waals surface area contributed by atoms with Crippen LogP contribution in [0.2, 0.25) is 0 Å². The van der Waals surface area contributed by atoms with Crippen molar-refractivity contribution in [2.75, 3.05) is 4.90 Å². The molecule has 0 bridgehead atoms. The number of anilines is 1. The van der Waals surface area contributed by atoms with Crippen LogP contribution in [0.4, 0.5) is 5.69 Å². The molecule has 24 heavy (non-hydrogen) atoms. The van der Waals surface area contributed by atoms with E-state index in [2.05, 4.69) is 15.9 Å². The zero-order valence-corrected chi connectivity index (χ0v) is 14.1. The number of aliphatic carboxylic acids is 1. The summed E-state index contributed by atoms with van der Waals surface area (Å²) in [5.41, 5.74) is 1.31.